The van der Waals surface area contributed by atoms with Crippen LogP contribution in [0.2, 0.25) is 0 Å². The highest BCUT2D eigenvalue weighted by molar-refractivity contribution is 5.88. The van der Waals surface area contributed by atoms with Gasteiger partial charge in [-0.05, 0) is 25.2 Å². The van der Waals surface area contributed by atoms with E-state index in [1.54, 1.807) is 7.05 Å². The first kappa shape index (κ1) is 16.0. The molecule has 0 aromatic carbocycles. The quantitative estimate of drug-likeness (QED) is 0.689. The summed E-state index contributed by atoms with van der Waals surface area (Å²) in [6, 6.07) is -0.523. The zero-order valence-corrected chi connectivity index (χ0v) is 12.2. The van der Waals surface area contributed by atoms with Crippen LogP contribution in [-0.2, 0) is 9.59 Å². The fourth-order valence-electron chi connectivity index (χ4n) is 2.64. The van der Waals surface area contributed by atoms with Gasteiger partial charge in [-0.3, -0.25) is 9.59 Å². The molecule has 5 heteroatoms. The second-order valence-electron chi connectivity index (χ2n) is 5.86. The molecule has 1 rings (SSSR count). The number of rotatable bonds is 5. The minimum Gasteiger partial charge on any atom is -0.357 e. The SMILES string of the molecule is CNC(=O)C(CC(C)C)NC(=O)C1CCCCC1N. The van der Waals surface area contributed by atoms with Crippen molar-refractivity contribution in [3.63, 3.8) is 0 Å². The first-order chi connectivity index (χ1) is 8.95. The van der Waals surface area contributed by atoms with Gasteiger partial charge in [0, 0.05) is 13.1 Å². The average molecular weight is 269 g/mol. The van der Waals surface area contributed by atoms with Gasteiger partial charge >= 0.3 is 0 Å². The van der Waals surface area contributed by atoms with E-state index in [1.165, 1.54) is 0 Å². The molecule has 3 unspecified atom stereocenters. The first-order valence-corrected chi connectivity index (χ1v) is 7.23. The third-order valence-corrected chi connectivity index (χ3v) is 3.74. The van der Waals surface area contributed by atoms with Crippen LogP contribution in [0.4, 0.5) is 0 Å². The molecular weight excluding hydrogens is 242 g/mol. The summed E-state index contributed by atoms with van der Waals surface area (Å²) in [5.41, 5.74) is 6.00. The monoisotopic (exact) mass is 269 g/mol. The van der Waals surface area contributed by atoms with Gasteiger partial charge < -0.3 is 16.4 Å². The molecule has 0 aliphatic heterocycles. The molecule has 1 aliphatic rings. The summed E-state index contributed by atoms with van der Waals surface area (Å²) in [4.78, 5) is 24.0. The van der Waals surface area contributed by atoms with Gasteiger partial charge in [0.2, 0.25) is 11.8 Å². The lowest BCUT2D eigenvalue weighted by Gasteiger charge is -2.29. The van der Waals surface area contributed by atoms with Crippen LogP contribution in [0.1, 0.15) is 46.0 Å². The second kappa shape index (κ2) is 7.48. The van der Waals surface area contributed by atoms with Gasteiger partial charge in [0.05, 0.1) is 5.92 Å². The lowest BCUT2D eigenvalue weighted by molar-refractivity contribution is -0.132. The van der Waals surface area contributed by atoms with E-state index in [4.69, 9.17) is 5.73 Å². The normalized spacial score (nSPS) is 24.9. The Kier molecular flexibility index (Phi) is 6.28. The lowest BCUT2D eigenvalue weighted by Crippen LogP contribution is -2.51. The molecule has 0 spiro atoms. The number of likely N-dealkylation sites (N-methyl/N-ethyl adjacent to an activating group) is 1. The molecule has 0 heterocycles. The van der Waals surface area contributed by atoms with Crippen LogP contribution in [0.25, 0.3) is 0 Å². The Morgan fingerprint density at radius 3 is 2.42 bits per heavy atom. The fourth-order valence-corrected chi connectivity index (χ4v) is 2.64. The highest BCUT2D eigenvalue weighted by Crippen LogP contribution is 2.23. The molecule has 0 aromatic heterocycles. The molecule has 4 N–H and O–H groups in total. The summed E-state index contributed by atoms with van der Waals surface area (Å²) in [6.45, 7) is 4.07. The zero-order valence-electron chi connectivity index (χ0n) is 12.2. The molecule has 110 valence electrons. The molecule has 19 heavy (non-hydrogen) atoms. The van der Waals surface area contributed by atoms with E-state index in [-0.39, 0.29) is 23.8 Å². The van der Waals surface area contributed by atoms with E-state index < -0.39 is 6.04 Å². The van der Waals surface area contributed by atoms with Gasteiger partial charge in [-0.15, -0.1) is 0 Å². The van der Waals surface area contributed by atoms with Gasteiger partial charge in [-0.2, -0.15) is 0 Å². The number of hydrogen-bond donors (Lipinski definition) is 3. The molecule has 5 nitrogen and oxygen atoms in total. The van der Waals surface area contributed by atoms with Crippen molar-refractivity contribution in [2.45, 2.75) is 58.0 Å². The maximum absolute atomic E-state index is 12.2. The van der Waals surface area contributed by atoms with Gasteiger partial charge in [0.1, 0.15) is 6.04 Å². The zero-order chi connectivity index (χ0) is 14.4. The van der Waals surface area contributed by atoms with E-state index in [2.05, 4.69) is 10.6 Å². The molecule has 1 aliphatic carbocycles. The number of nitrogens with one attached hydrogen (secondary N) is 2. The third kappa shape index (κ3) is 4.82. The molecule has 0 aromatic rings. The minimum atomic E-state index is -0.452. The Bertz CT molecular complexity index is 318. The number of carbonyl (C=O) groups is 2. The van der Waals surface area contributed by atoms with Crippen LogP contribution < -0.4 is 16.4 Å². The Morgan fingerprint density at radius 1 is 1.26 bits per heavy atom. The maximum atomic E-state index is 12.2. The van der Waals surface area contributed by atoms with Crippen LogP contribution in [-0.4, -0.2) is 30.9 Å². The highest BCUT2D eigenvalue weighted by Gasteiger charge is 2.31. The lowest BCUT2D eigenvalue weighted by atomic mass is 9.84. The van der Waals surface area contributed by atoms with Crippen molar-refractivity contribution in [1.82, 2.24) is 10.6 Å². The van der Waals surface area contributed by atoms with Crippen LogP contribution in [0, 0.1) is 11.8 Å². The Labute approximate surface area is 115 Å². The van der Waals surface area contributed by atoms with Crippen molar-refractivity contribution in [2.75, 3.05) is 7.05 Å². The summed E-state index contributed by atoms with van der Waals surface area (Å²) >= 11 is 0. The Balaban J connectivity index is 2.61. The van der Waals surface area contributed by atoms with Crippen molar-refractivity contribution < 1.29 is 9.59 Å². The predicted octanol–water partition coefficient (Wildman–Crippen LogP) is 0.781. The second-order valence-corrected chi connectivity index (χ2v) is 5.86. The van der Waals surface area contributed by atoms with Crippen LogP contribution in [0.5, 0.6) is 0 Å². The summed E-state index contributed by atoms with van der Waals surface area (Å²) in [5.74, 6) is 0.00331. The van der Waals surface area contributed by atoms with E-state index in [1.807, 2.05) is 13.8 Å². The third-order valence-electron chi connectivity index (χ3n) is 3.74. The number of nitrogens with two attached hydrogens (primary N) is 1. The first-order valence-electron chi connectivity index (χ1n) is 7.23. The van der Waals surface area contributed by atoms with E-state index in [0.29, 0.717) is 12.3 Å². The van der Waals surface area contributed by atoms with Crippen molar-refractivity contribution in [3.05, 3.63) is 0 Å². The number of amides is 2. The van der Waals surface area contributed by atoms with Crippen LogP contribution in [0.15, 0.2) is 0 Å². The van der Waals surface area contributed by atoms with Gasteiger partial charge in [-0.1, -0.05) is 26.7 Å². The number of carbonyl (C=O) groups excluding carboxylic acids is 2. The minimum absolute atomic E-state index is 0.0681. The molecule has 2 amide bonds. The maximum Gasteiger partial charge on any atom is 0.242 e. The highest BCUT2D eigenvalue weighted by atomic mass is 16.2. The molecule has 0 radical (unpaired) electrons. The van der Waals surface area contributed by atoms with Gasteiger partial charge in [0.25, 0.3) is 0 Å². The summed E-state index contributed by atoms with van der Waals surface area (Å²) in [5, 5.41) is 5.47. The largest absolute Gasteiger partial charge is 0.357 e. The molecular formula is C14H27N3O2. The summed E-state index contributed by atoms with van der Waals surface area (Å²) in [7, 11) is 1.59. The Morgan fingerprint density at radius 2 is 1.89 bits per heavy atom. The van der Waals surface area contributed by atoms with Crippen molar-refractivity contribution in [2.24, 2.45) is 17.6 Å². The molecule has 1 fully saturated rings. The standard InChI is InChI=1S/C14H27N3O2/c1-9(2)8-12(14(19)16-3)17-13(18)10-6-4-5-7-11(10)15/h9-12H,4-8,15H2,1-3H3,(H,16,19)(H,17,18). The number of hydrogen-bond acceptors (Lipinski definition) is 3. The van der Waals surface area contributed by atoms with E-state index in [9.17, 15) is 9.59 Å². The van der Waals surface area contributed by atoms with Crippen molar-refractivity contribution in [3.8, 4) is 0 Å². The summed E-state index contributed by atoms with van der Waals surface area (Å²) < 4.78 is 0. The predicted molar refractivity (Wildman–Crippen MR) is 75.4 cm³/mol. The van der Waals surface area contributed by atoms with E-state index >= 15 is 0 Å². The molecule has 0 bridgehead atoms. The smallest absolute Gasteiger partial charge is 0.242 e. The fraction of sp³-hybridized carbons (Fsp3) is 0.857. The summed E-state index contributed by atoms with van der Waals surface area (Å²) in [6.07, 6.45) is 4.51. The van der Waals surface area contributed by atoms with Gasteiger partial charge in [0.15, 0.2) is 0 Å². The molecule has 3 atom stereocenters. The topological polar surface area (TPSA) is 84.2 Å². The average Bonchev–Trinajstić information content (AvgIpc) is 2.36. The molecule has 1 saturated carbocycles. The van der Waals surface area contributed by atoms with Crippen molar-refractivity contribution >= 4 is 11.8 Å². The van der Waals surface area contributed by atoms with Gasteiger partial charge in [-0.25, -0.2) is 0 Å². The van der Waals surface area contributed by atoms with Crippen LogP contribution >= 0.6 is 0 Å². The van der Waals surface area contributed by atoms with E-state index in [0.717, 1.165) is 25.7 Å². The van der Waals surface area contributed by atoms with Crippen LogP contribution in [0.3, 0.4) is 0 Å². The molecule has 0 saturated heterocycles. The Hall–Kier alpha value is -1.10. The van der Waals surface area contributed by atoms with Crippen molar-refractivity contribution in [1.29, 1.82) is 0 Å².